The van der Waals surface area contributed by atoms with Crippen LogP contribution in [0.1, 0.15) is 50.0 Å². The zero-order valence-corrected chi connectivity index (χ0v) is 27.4. The van der Waals surface area contributed by atoms with Crippen molar-refractivity contribution in [3.05, 3.63) is 96.1 Å². The molecule has 0 unspecified atom stereocenters. The predicted molar refractivity (Wildman–Crippen MR) is 175 cm³/mol. The maximum absolute atomic E-state index is 14.9. The highest BCUT2D eigenvalue weighted by atomic mass is 16.6. The fraction of sp³-hybridized carbons (Fsp3) is 0.459. The number of ether oxygens (including phenoxy) is 3. The number of benzene rings is 2. The van der Waals surface area contributed by atoms with Crippen LogP contribution in [-0.2, 0) is 33.4 Å². The first-order chi connectivity index (χ1) is 23.2. The van der Waals surface area contributed by atoms with Crippen LogP contribution in [0.2, 0.25) is 0 Å². The minimum absolute atomic E-state index is 0.0682. The van der Waals surface area contributed by atoms with E-state index in [1.165, 1.54) is 12.0 Å². The van der Waals surface area contributed by atoms with Crippen molar-refractivity contribution in [1.29, 1.82) is 0 Å². The monoisotopic (exact) mass is 657 g/mol. The molecule has 1 spiro atoms. The molecular formula is C37H43N3O8. The topological polar surface area (TPSA) is 135 Å². The Morgan fingerprint density at radius 3 is 2.38 bits per heavy atom. The van der Waals surface area contributed by atoms with Gasteiger partial charge < -0.3 is 34.4 Å². The number of esters is 1. The molecule has 3 amide bonds. The van der Waals surface area contributed by atoms with Crippen LogP contribution in [0.25, 0.3) is 0 Å². The normalized spacial score (nSPS) is 31.9. The molecule has 2 saturated heterocycles. The molecule has 0 bridgehead atoms. The number of aliphatic hydroxyl groups excluding tert-OH is 1. The second kappa shape index (κ2) is 14.0. The van der Waals surface area contributed by atoms with E-state index < -0.39 is 66.3 Å². The number of rotatable bonds is 7. The second-order valence-corrected chi connectivity index (χ2v) is 13.0. The second-order valence-electron chi connectivity index (χ2n) is 13.0. The molecule has 2 aromatic rings. The molecule has 0 radical (unpaired) electrons. The van der Waals surface area contributed by atoms with Gasteiger partial charge in [0.1, 0.15) is 23.7 Å². The van der Waals surface area contributed by atoms with E-state index in [1.54, 1.807) is 47.4 Å². The van der Waals surface area contributed by atoms with Crippen LogP contribution in [0.4, 0.5) is 0 Å². The maximum atomic E-state index is 14.9. The molecule has 254 valence electrons. The summed E-state index contributed by atoms with van der Waals surface area (Å²) in [5.41, 5.74) is -0.230. The molecule has 6 rings (SSSR count). The van der Waals surface area contributed by atoms with Gasteiger partial charge in [-0.25, -0.2) is 0 Å². The molecule has 4 heterocycles. The lowest BCUT2D eigenvalue weighted by molar-refractivity contribution is -0.163. The summed E-state index contributed by atoms with van der Waals surface area (Å²) in [4.78, 5) is 60.2. The van der Waals surface area contributed by atoms with Crippen LogP contribution in [0.3, 0.4) is 0 Å². The highest BCUT2D eigenvalue weighted by Crippen LogP contribution is 2.55. The smallest absolute Gasteiger partial charge is 0.313 e. The zero-order valence-electron chi connectivity index (χ0n) is 27.4. The largest absolute Gasteiger partial charge is 0.455 e. The number of methoxy groups -OCH3 is 1. The third-order valence-corrected chi connectivity index (χ3v) is 9.84. The Bertz CT molecular complexity index is 1560. The third kappa shape index (κ3) is 5.95. The lowest BCUT2D eigenvalue weighted by atomic mass is 9.77. The summed E-state index contributed by atoms with van der Waals surface area (Å²) < 4.78 is 18.6. The van der Waals surface area contributed by atoms with Gasteiger partial charge >= 0.3 is 5.97 Å². The van der Waals surface area contributed by atoms with E-state index in [-0.39, 0.29) is 30.9 Å². The number of cyclic esters (lactones) is 1. The van der Waals surface area contributed by atoms with Crippen LogP contribution < -0.4 is 5.32 Å². The summed E-state index contributed by atoms with van der Waals surface area (Å²) in [5, 5.41) is 13.7. The standard InChI is InChI=1S/C37H43N3O8/c1-23(2)39-20-12-19-37-31(34(43)40(33(37)35(39)44)27(21-41)24-13-6-4-7-14-24)30-28(48-37)17-10-11-18-29(42)38-26(22-46-3)32(47-36(30)45)25-15-8-5-9-16-25/h4-10,12-17,19,23,26-28,30-33,41H,11,18,20-22H2,1-3H3,(H,38,42)/b17-10-/t26-,27-,28-,30+,31+,32-,33-,37+/m1/s1. The molecule has 11 nitrogen and oxygen atoms in total. The SMILES string of the molecule is COC[C@H]1NC(=O)CC/C=C\[C@H]2O[C@]34C=CCN(C(C)C)C(=O)[C@H]3N([C@H](CO)c3ccccc3)C(=O)[C@@H]4[C@H]2C(=O)O[C@@H]1c1ccccc1. The third-order valence-electron chi connectivity index (χ3n) is 9.84. The number of nitrogens with zero attached hydrogens (tertiary/aromatic N) is 2. The summed E-state index contributed by atoms with van der Waals surface area (Å²) in [6.07, 6.45) is 5.73. The summed E-state index contributed by atoms with van der Waals surface area (Å²) >= 11 is 0. The van der Waals surface area contributed by atoms with E-state index in [0.717, 1.165) is 0 Å². The Morgan fingerprint density at radius 1 is 1.00 bits per heavy atom. The Labute approximate surface area is 280 Å². The molecular weight excluding hydrogens is 614 g/mol. The molecule has 2 fully saturated rings. The highest BCUT2D eigenvalue weighted by molar-refractivity contribution is 5.99. The van der Waals surface area contributed by atoms with Crippen molar-refractivity contribution in [1.82, 2.24) is 15.1 Å². The molecule has 4 aliphatic heterocycles. The maximum Gasteiger partial charge on any atom is 0.313 e. The van der Waals surface area contributed by atoms with Gasteiger partial charge in [-0.05, 0) is 31.4 Å². The van der Waals surface area contributed by atoms with Gasteiger partial charge in [0.15, 0.2) is 0 Å². The van der Waals surface area contributed by atoms with Gasteiger partial charge in [-0.15, -0.1) is 0 Å². The number of likely N-dealkylation sites (tertiary alicyclic amines) is 1. The van der Waals surface area contributed by atoms with Gasteiger partial charge in [0, 0.05) is 26.1 Å². The van der Waals surface area contributed by atoms with Gasteiger partial charge in [-0.3, -0.25) is 19.2 Å². The van der Waals surface area contributed by atoms with E-state index in [4.69, 9.17) is 14.2 Å². The first kappa shape index (κ1) is 33.6. The molecule has 11 heteroatoms. The number of hydrogen-bond acceptors (Lipinski definition) is 8. The van der Waals surface area contributed by atoms with Gasteiger partial charge in [0.25, 0.3) is 0 Å². The lowest BCUT2D eigenvalue weighted by Gasteiger charge is -2.39. The number of carbonyl (C=O) groups excluding carboxylic acids is 4. The number of carbonyl (C=O) groups is 4. The van der Waals surface area contributed by atoms with Crippen LogP contribution in [-0.4, -0.2) is 95.3 Å². The van der Waals surface area contributed by atoms with Crippen molar-refractivity contribution in [2.75, 3.05) is 26.9 Å². The first-order valence-electron chi connectivity index (χ1n) is 16.6. The van der Waals surface area contributed by atoms with Gasteiger partial charge in [-0.1, -0.05) is 85.0 Å². The quantitative estimate of drug-likeness (QED) is 0.343. The number of aliphatic hydroxyl groups is 1. The Balaban J connectivity index is 1.49. The fourth-order valence-corrected chi connectivity index (χ4v) is 7.68. The van der Waals surface area contributed by atoms with Crippen molar-refractivity contribution in [3.63, 3.8) is 0 Å². The summed E-state index contributed by atoms with van der Waals surface area (Å²) in [6.45, 7) is 3.72. The van der Waals surface area contributed by atoms with Crippen LogP contribution in [0.15, 0.2) is 85.0 Å². The summed E-state index contributed by atoms with van der Waals surface area (Å²) in [6, 6.07) is 15.2. The van der Waals surface area contributed by atoms with Crippen LogP contribution in [0, 0.1) is 11.8 Å². The molecule has 0 saturated carbocycles. The molecule has 0 aromatic heterocycles. The highest BCUT2D eigenvalue weighted by Gasteiger charge is 2.72. The lowest BCUT2D eigenvalue weighted by Crippen LogP contribution is -2.57. The van der Waals surface area contributed by atoms with Crippen LogP contribution in [0.5, 0.6) is 0 Å². The van der Waals surface area contributed by atoms with Gasteiger partial charge in [0.2, 0.25) is 17.7 Å². The fourth-order valence-electron chi connectivity index (χ4n) is 7.68. The van der Waals surface area contributed by atoms with E-state index in [9.17, 15) is 24.3 Å². The Kier molecular flexibility index (Phi) is 9.82. The number of hydrogen-bond donors (Lipinski definition) is 2. The predicted octanol–water partition coefficient (Wildman–Crippen LogP) is 2.87. The van der Waals surface area contributed by atoms with Crippen molar-refractivity contribution in [3.8, 4) is 0 Å². The minimum atomic E-state index is -1.53. The Hall–Kier alpha value is -4.32. The van der Waals surface area contributed by atoms with E-state index >= 15 is 0 Å². The summed E-state index contributed by atoms with van der Waals surface area (Å²) in [7, 11) is 1.51. The molecule has 8 atom stereocenters. The van der Waals surface area contributed by atoms with E-state index in [1.807, 2.05) is 56.3 Å². The molecule has 0 aliphatic carbocycles. The first-order valence-corrected chi connectivity index (χ1v) is 16.6. The average Bonchev–Trinajstić information content (AvgIpc) is 3.46. The zero-order chi connectivity index (χ0) is 34.0. The molecule has 2 N–H and O–H groups in total. The Morgan fingerprint density at radius 2 is 1.71 bits per heavy atom. The van der Waals surface area contributed by atoms with E-state index in [2.05, 4.69) is 5.32 Å². The van der Waals surface area contributed by atoms with E-state index in [0.29, 0.717) is 24.1 Å². The van der Waals surface area contributed by atoms with Crippen LogP contribution >= 0.6 is 0 Å². The van der Waals surface area contributed by atoms with Crippen molar-refractivity contribution in [2.45, 2.75) is 68.7 Å². The molecule has 2 aromatic carbocycles. The number of fused-ring (bicyclic) bond motifs is 2. The van der Waals surface area contributed by atoms with Gasteiger partial charge in [-0.2, -0.15) is 0 Å². The van der Waals surface area contributed by atoms with Crippen molar-refractivity contribution < 1.29 is 38.5 Å². The number of allylic oxidation sites excluding steroid dienone is 1. The average molecular weight is 658 g/mol. The minimum Gasteiger partial charge on any atom is -0.455 e. The molecule has 48 heavy (non-hydrogen) atoms. The number of nitrogens with one attached hydrogen (secondary N) is 1. The van der Waals surface area contributed by atoms with Crippen molar-refractivity contribution >= 4 is 23.7 Å². The number of amides is 3. The van der Waals surface area contributed by atoms with Crippen molar-refractivity contribution in [2.24, 2.45) is 11.8 Å². The summed E-state index contributed by atoms with van der Waals surface area (Å²) in [5.74, 6) is -4.00. The molecule has 4 aliphatic rings. The van der Waals surface area contributed by atoms with Gasteiger partial charge in [0.05, 0.1) is 37.3 Å².